The van der Waals surface area contributed by atoms with Crippen molar-refractivity contribution in [3.05, 3.63) is 65.2 Å². The van der Waals surface area contributed by atoms with E-state index in [-0.39, 0.29) is 0 Å². The molecule has 0 amide bonds. The molecule has 26 heavy (non-hydrogen) atoms. The Balaban J connectivity index is 1.74. The lowest BCUT2D eigenvalue weighted by Gasteiger charge is -2.31. The smallest absolute Gasteiger partial charge is 0.124 e. The average Bonchev–Trinajstić information content (AvgIpc) is 3.03. The molecule has 1 atom stereocenters. The second kappa shape index (κ2) is 7.51. The number of para-hydroxylation sites is 1. The number of likely N-dealkylation sites (tertiary alicyclic amines) is 1. The molecule has 134 valence electrons. The average molecular weight is 346 g/mol. The summed E-state index contributed by atoms with van der Waals surface area (Å²) in [4.78, 5) is 2.54. The lowest BCUT2D eigenvalue weighted by atomic mass is 9.71. The van der Waals surface area contributed by atoms with Crippen LogP contribution in [0.5, 0.6) is 5.75 Å². The summed E-state index contributed by atoms with van der Waals surface area (Å²) in [6.07, 6.45) is 6.02. The molecule has 3 nitrogen and oxygen atoms in total. The molecule has 0 aliphatic carbocycles. The van der Waals surface area contributed by atoms with E-state index in [9.17, 15) is 5.26 Å². The van der Waals surface area contributed by atoms with E-state index in [0.717, 1.165) is 48.5 Å². The van der Waals surface area contributed by atoms with Crippen LogP contribution in [0, 0.1) is 11.3 Å². The van der Waals surface area contributed by atoms with Gasteiger partial charge in [-0.3, -0.25) is 0 Å². The van der Waals surface area contributed by atoms with Gasteiger partial charge in [0.2, 0.25) is 0 Å². The predicted molar refractivity (Wildman–Crippen MR) is 103 cm³/mol. The summed E-state index contributed by atoms with van der Waals surface area (Å²) in [5.74, 6) is 0.848. The van der Waals surface area contributed by atoms with Crippen LogP contribution in [0.3, 0.4) is 0 Å². The van der Waals surface area contributed by atoms with Crippen molar-refractivity contribution in [1.82, 2.24) is 4.90 Å². The topological polar surface area (TPSA) is 36.3 Å². The molecule has 2 aliphatic heterocycles. The summed E-state index contributed by atoms with van der Waals surface area (Å²) in [6.45, 7) is 3.79. The summed E-state index contributed by atoms with van der Waals surface area (Å²) < 4.78 is 6.08. The molecule has 1 unspecified atom stereocenters. The minimum Gasteiger partial charge on any atom is -0.489 e. The highest BCUT2D eigenvalue weighted by molar-refractivity contribution is 5.55. The van der Waals surface area contributed by atoms with Crippen LogP contribution in [0.25, 0.3) is 0 Å². The fourth-order valence-electron chi connectivity index (χ4n) is 4.44. The van der Waals surface area contributed by atoms with Crippen molar-refractivity contribution in [3.63, 3.8) is 0 Å². The SMILES string of the molecule is N#CC1(CCN2CCCCCC2)c2ccccc2COc2ccccc21. The van der Waals surface area contributed by atoms with E-state index in [1.54, 1.807) is 0 Å². The Hall–Kier alpha value is -2.31. The third-order valence-corrected chi connectivity index (χ3v) is 5.90. The molecule has 0 N–H and O–H groups in total. The molecule has 0 aromatic heterocycles. The van der Waals surface area contributed by atoms with Crippen LogP contribution in [0.2, 0.25) is 0 Å². The number of fused-ring (bicyclic) bond motifs is 2. The van der Waals surface area contributed by atoms with Gasteiger partial charge in [-0.1, -0.05) is 55.3 Å². The minimum absolute atomic E-state index is 0.528. The molecule has 1 fully saturated rings. The van der Waals surface area contributed by atoms with Crippen LogP contribution < -0.4 is 4.74 Å². The van der Waals surface area contributed by atoms with Crippen molar-refractivity contribution in [3.8, 4) is 11.8 Å². The molecular formula is C23H26N2O. The number of benzene rings is 2. The van der Waals surface area contributed by atoms with Gasteiger partial charge in [0.15, 0.2) is 0 Å². The van der Waals surface area contributed by atoms with E-state index < -0.39 is 5.41 Å². The molecule has 1 saturated heterocycles. The van der Waals surface area contributed by atoms with Crippen LogP contribution >= 0.6 is 0 Å². The number of nitrogens with zero attached hydrogens (tertiary/aromatic N) is 2. The van der Waals surface area contributed by atoms with Gasteiger partial charge in [0.05, 0.1) is 6.07 Å². The Bertz CT molecular complexity index is 752. The molecular weight excluding hydrogens is 320 g/mol. The highest BCUT2D eigenvalue weighted by Gasteiger charge is 2.40. The summed E-state index contributed by atoms with van der Waals surface area (Å²) >= 11 is 0. The van der Waals surface area contributed by atoms with Gasteiger partial charge in [0, 0.05) is 12.1 Å². The van der Waals surface area contributed by atoms with E-state index in [1.165, 1.54) is 25.7 Å². The first-order valence-electron chi connectivity index (χ1n) is 9.78. The molecule has 4 rings (SSSR count). The standard InChI is InChI=1S/C23H26N2O/c24-18-23(13-16-25-14-7-1-2-8-15-25)20-10-4-3-9-19(20)17-26-22-12-6-5-11-21(22)23/h3-6,9-12H,1-2,7-8,13-17H2. The fraction of sp³-hybridized carbons (Fsp3) is 0.435. The zero-order chi connectivity index (χ0) is 17.8. The lowest BCUT2D eigenvalue weighted by Crippen LogP contribution is -2.34. The number of hydrogen-bond acceptors (Lipinski definition) is 3. The van der Waals surface area contributed by atoms with Crippen molar-refractivity contribution in [2.75, 3.05) is 19.6 Å². The Morgan fingerprint density at radius 3 is 2.38 bits per heavy atom. The summed E-state index contributed by atoms with van der Waals surface area (Å²) in [5.41, 5.74) is 2.61. The van der Waals surface area contributed by atoms with Gasteiger partial charge in [-0.2, -0.15) is 5.26 Å². The minimum atomic E-state index is -0.643. The maximum atomic E-state index is 10.4. The Kier molecular flexibility index (Phi) is 4.95. The predicted octanol–water partition coefficient (Wildman–Crippen LogP) is 4.65. The van der Waals surface area contributed by atoms with Crippen LogP contribution in [0.4, 0.5) is 0 Å². The zero-order valence-corrected chi connectivity index (χ0v) is 15.3. The van der Waals surface area contributed by atoms with Gasteiger partial charge >= 0.3 is 0 Å². The molecule has 3 heteroatoms. The molecule has 0 saturated carbocycles. The Morgan fingerprint density at radius 2 is 1.62 bits per heavy atom. The van der Waals surface area contributed by atoms with Crippen molar-refractivity contribution >= 4 is 0 Å². The first-order valence-corrected chi connectivity index (χ1v) is 9.78. The quantitative estimate of drug-likeness (QED) is 0.811. The molecule has 2 aromatic rings. The van der Waals surface area contributed by atoms with E-state index in [4.69, 9.17) is 4.74 Å². The summed E-state index contributed by atoms with van der Waals surface area (Å²) in [5, 5.41) is 10.4. The Morgan fingerprint density at radius 1 is 0.923 bits per heavy atom. The number of ether oxygens (including phenoxy) is 1. The van der Waals surface area contributed by atoms with Crippen LogP contribution in [0.15, 0.2) is 48.5 Å². The molecule has 0 spiro atoms. The highest BCUT2D eigenvalue weighted by atomic mass is 16.5. The van der Waals surface area contributed by atoms with E-state index in [2.05, 4.69) is 29.2 Å². The van der Waals surface area contributed by atoms with Crippen molar-refractivity contribution in [2.24, 2.45) is 0 Å². The largest absolute Gasteiger partial charge is 0.489 e. The third-order valence-electron chi connectivity index (χ3n) is 5.90. The Labute approximate surface area is 156 Å². The first kappa shape index (κ1) is 17.1. The number of rotatable bonds is 3. The van der Waals surface area contributed by atoms with Gasteiger partial charge in [0.25, 0.3) is 0 Å². The number of hydrogen-bond donors (Lipinski definition) is 0. The van der Waals surface area contributed by atoms with Crippen molar-refractivity contribution < 1.29 is 4.74 Å². The monoisotopic (exact) mass is 346 g/mol. The maximum Gasteiger partial charge on any atom is 0.124 e. The van der Waals surface area contributed by atoms with Gasteiger partial charge in [-0.05, 0) is 49.5 Å². The van der Waals surface area contributed by atoms with Crippen LogP contribution in [-0.2, 0) is 12.0 Å². The number of nitriles is 1. The van der Waals surface area contributed by atoms with E-state index >= 15 is 0 Å². The van der Waals surface area contributed by atoms with Crippen LogP contribution in [-0.4, -0.2) is 24.5 Å². The third kappa shape index (κ3) is 3.10. The van der Waals surface area contributed by atoms with Gasteiger partial charge in [-0.15, -0.1) is 0 Å². The molecule has 0 bridgehead atoms. The molecule has 2 heterocycles. The molecule has 0 radical (unpaired) electrons. The van der Waals surface area contributed by atoms with Gasteiger partial charge in [0.1, 0.15) is 17.8 Å². The fourth-order valence-corrected chi connectivity index (χ4v) is 4.44. The van der Waals surface area contributed by atoms with Crippen molar-refractivity contribution in [2.45, 2.75) is 44.1 Å². The van der Waals surface area contributed by atoms with Gasteiger partial charge < -0.3 is 9.64 Å². The second-order valence-corrected chi connectivity index (χ2v) is 7.46. The van der Waals surface area contributed by atoms with E-state index in [0.29, 0.717) is 6.61 Å². The highest BCUT2D eigenvalue weighted by Crippen LogP contribution is 2.44. The zero-order valence-electron chi connectivity index (χ0n) is 15.3. The molecule has 2 aromatic carbocycles. The lowest BCUT2D eigenvalue weighted by molar-refractivity contribution is 0.267. The summed E-state index contributed by atoms with van der Waals surface area (Å²) in [7, 11) is 0. The van der Waals surface area contributed by atoms with Crippen molar-refractivity contribution in [1.29, 1.82) is 5.26 Å². The maximum absolute atomic E-state index is 10.4. The second-order valence-electron chi connectivity index (χ2n) is 7.46. The summed E-state index contributed by atoms with van der Waals surface area (Å²) in [6, 6.07) is 19.1. The molecule has 2 aliphatic rings. The van der Waals surface area contributed by atoms with Gasteiger partial charge in [-0.25, -0.2) is 0 Å². The normalized spacial score (nSPS) is 22.9. The first-order chi connectivity index (χ1) is 12.8. The van der Waals surface area contributed by atoms with E-state index in [1.807, 2.05) is 30.3 Å². The van der Waals surface area contributed by atoms with Crippen LogP contribution in [0.1, 0.15) is 48.8 Å².